The molecule has 2 aliphatic rings. The molecule has 2 fully saturated rings. The van der Waals surface area contributed by atoms with Gasteiger partial charge in [0.15, 0.2) is 0 Å². The second-order valence-electron chi connectivity index (χ2n) is 8.32. The Hall–Kier alpha value is -2.30. The van der Waals surface area contributed by atoms with Crippen molar-refractivity contribution in [3.05, 3.63) is 66.1 Å². The highest BCUT2D eigenvalue weighted by Gasteiger charge is 2.42. The Morgan fingerprint density at radius 2 is 1.81 bits per heavy atom. The Kier molecular flexibility index (Phi) is 5.53. The lowest BCUT2D eigenvalue weighted by Crippen LogP contribution is -2.52. The van der Waals surface area contributed by atoms with Crippen molar-refractivity contribution >= 4 is 20.9 Å². The second-order valence-corrected chi connectivity index (χ2v) is 10.5. The molecule has 2 aromatic heterocycles. The van der Waals surface area contributed by atoms with Crippen molar-refractivity contribution in [3.8, 4) is 0 Å². The van der Waals surface area contributed by atoms with E-state index in [4.69, 9.17) is 0 Å². The molecule has 2 atom stereocenters. The molecule has 31 heavy (non-hydrogen) atoms. The van der Waals surface area contributed by atoms with Crippen molar-refractivity contribution in [2.45, 2.75) is 17.8 Å². The molecule has 164 valence electrons. The lowest BCUT2D eigenvalue weighted by Gasteiger charge is -2.36. The van der Waals surface area contributed by atoms with Crippen molar-refractivity contribution in [2.24, 2.45) is 7.05 Å². The maximum absolute atomic E-state index is 13.4. The number of nitrogens with one attached hydrogen (secondary N) is 2. The van der Waals surface area contributed by atoms with E-state index in [-0.39, 0.29) is 6.04 Å². The van der Waals surface area contributed by atoms with Crippen molar-refractivity contribution in [3.63, 3.8) is 0 Å². The number of hydrogen-bond acceptors (Lipinski definition) is 6. The van der Waals surface area contributed by atoms with Crippen LogP contribution in [0.5, 0.6) is 0 Å². The van der Waals surface area contributed by atoms with Gasteiger partial charge in [0.05, 0.1) is 6.04 Å². The number of pyridine rings is 1. The summed E-state index contributed by atoms with van der Waals surface area (Å²) in [7, 11) is -1.36. The van der Waals surface area contributed by atoms with Crippen LogP contribution >= 0.6 is 0 Å². The minimum Gasteiger partial charge on any atom is -0.350 e. The maximum atomic E-state index is 13.4. The molecule has 0 saturated carbocycles. The largest absolute Gasteiger partial charge is 0.350 e. The molecule has 0 bridgehead atoms. The van der Waals surface area contributed by atoms with Gasteiger partial charge in [-0.3, -0.25) is 15.3 Å². The summed E-state index contributed by atoms with van der Waals surface area (Å²) < 4.78 is 30.7. The molecular weight excluding hydrogens is 412 g/mol. The summed E-state index contributed by atoms with van der Waals surface area (Å²) in [5, 5.41) is 0.739. The van der Waals surface area contributed by atoms with Gasteiger partial charge >= 0.3 is 0 Å². The number of hydrazine groups is 1. The first-order chi connectivity index (χ1) is 15.0. The van der Waals surface area contributed by atoms with Gasteiger partial charge in [0.25, 0.3) is 0 Å². The first-order valence-corrected chi connectivity index (χ1v) is 12.2. The van der Waals surface area contributed by atoms with E-state index < -0.39 is 15.3 Å². The second kappa shape index (κ2) is 8.33. The molecule has 2 saturated heterocycles. The van der Waals surface area contributed by atoms with Gasteiger partial charge in [0.2, 0.25) is 10.0 Å². The molecule has 0 amide bonds. The fourth-order valence-electron chi connectivity index (χ4n) is 4.75. The van der Waals surface area contributed by atoms with Gasteiger partial charge in [-0.15, -0.1) is 0 Å². The van der Waals surface area contributed by atoms with E-state index in [1.807, 2.05) is 12.1 Å². The minimum atomic E-state index is -3.43. The van der Waals surface area contributed by atoms with Gasteiger partial charge in [0, 0.05) is 75.8 Å². The zero-order chi connectivity index (χ0) is 21.4. The molecule has 4 heterocycles. The van der Waals surface area contributed by atoms with Crippen LogP contribution in [-0.4, -0.2) is 65.1 Å². The van der Waals surface area contributed by atoms with Gasteiger partial charge in [-0.1, -0.05) is 18.2 Å². The highest BCUT2D eigenvalue weighted by atomic mass is 32.2. The van der Waals surface area contributed by atoms with Gasteiger partial charge in [-0.2, -0.15) is 4.31 Å². The summed E-state index contributed by atoms with van der Waals surface area (Å²) in [4.78, 5) is 6.39. The lowest BCUT2D eigenvalue weighted by molar-refractivity contribution is 0.181. The molecule has 3 aromatic rings. The van der Waals surface area contributed by atoms with Crippen molar-refractivity contribution < 1.29 is 8.42 Å². The third kappa shape index (κ3) is 3.88. The van der Waals surface area contributed by atoms with Crippen molar-refractivity contribution in [1.82, 2.24) is 29.6 Å². The molecule has 5 rings (SSSR count). The number of aryl methyl sites for hydroxylation is 1. The monoisotopic (exact) mass is 440 g/mol. The zero-order valence-electron chi connectivity index (χ0n) is 17.6. The number of sulfonamides is 1. The number of hydrogen-bond donors (Lipinski definition) is 2. The number of benzene rings is 1. The van der Waals surface area contributed by atoms with E-state index in [2.05, 4.69) is 62.8 Å². The molecule has 8 nitrogen and oxygen atoms in total. The highest BCUT2D eigenvalue weighted by molar-refractivity contribution is 7.89. The van der Waals surface area contributed by atoms with Crippen LogP contribution in [0.15, 0.2) is 55.0 Å². The third-order valence-corrected chi connectivity index (χ3v) is 8.73. The third-order valence-electron chi connectivity index (χ3n) is 6.44. The first kappa shape index (κ1) is 20.6. The Balaban J connectivity index is 1.26. The summed E-state index contributed by atoms with van der Waals surface area (Å²) >= 11 is 0. The molecule has 2 N–H and O–H groups in total. The smallest absolute Gasteiger partial charge is 0.220 e. The van der Waals surface area contributed by atoms with Crippen LogP contribution in [-0.2, 0) is 23.6 Å². The SMILES string of the molecule is Cn1cc(CN2CCN(S(=O)(=O)C3CNNC3c3ccncc3)CC2)c2ccccc21. The fraction of sp³-hybridized carbons (Fsp3) is 0.409. The summed E-state index contributed by atoms with van der Waals surface area (Å²) in [6, 6.07) is 11.9. The zero-order valence-corrected chi connectivity index (χ0v) is 18.4. The van der Waals surface area contributed by atoms with E-state index in [1.54, 1.807) is 16.7 Å². The lowest BCUT2D eigenvalue weighted by atomic mass is 10.1. The summed E-state index contributed by atoms with van der Waals surface area (Å²) in [6.45, 7) is 3.73. The van der Waals surface area contributed by atoms with Crippen LogP contribution in [0.2, 0.25) is 0 Å². The highest BCUT2D eigenvalue weighted by Crippen LogP contribution is 2.28. The fourth-order valence-corrected chi connectivity index (χ4v) is 6.67. The number of aromatic nitrogens is 2. The molecule has 2 aliphatic heterocycles. The first-order valence-electron chi connectivity index (χ1n) is 10.7. The molecule has 0 aliphatic carbocycles. The Bertz CT molecular complexity index is 1160. The van der Waals surface area contributed by atoms with E-state index in [0.717, 1.165) is 25.2 Å². The predicted octanol–water partition coefficient (Wildman–Crippen LogP) is 1.24. The van der Waals surface area contributed by atoms with Gasteiger partial charge in [0.1, 0.15) is 5.25 Å². The Labute approximate surface area is 182 Å². The number of nitrogens with zero attached hydrogens (tertiary/aromatic N) is 4. The number of rotatable bonds is 5. The molecule has 2 unspecified atom stereocenters. The van der Waals surface area contributed by atoms with Crippen molar-refractivity contribution in [2.75, 3.05) is 32.7 Å². The normalized spacial score (nSPS) is 23.5. The quantitative estimate of drug-likeness (QED) is 0.621. The number of fused-ring (bicyclic) bond motifs is 1. The Morgan fingerprint density at radius 1 is 1.06 bits per heavy atom. The van der Waals surface area contributed by atoms with E-state index >= 15 is 0 Å². The van der Waals surface area contributed by atoms with Gasteiger partial charge < -0.3 is 4.57 Å². The van der Waals surface area contributed by atoms with Gasteiger partial charge in [-0.05, 0) is 29.3 Å². The molecule has 0 spiro atoms. The molecular formula is C22H28N6O2S. The Morgan fingerprint density at radius 3 is 2.58 bits per heavy atom. The molecule has 0 radical (unpaired) electrons. The summed E-state index contributed by atoms with van der Waals surface area (Å²) in [5.41, 5.74) is 9.62. The van der Waals surface area contributed by atoms with Crippen LogP contribution in [0.1, 0.15) is 17.2 Å². The van der Waals surface area contributed by atoms with E-state index in [1.165, 1.54) is 16.5 Å². The average molecular weight is 441 g/mol. The van der Waals surface area contributed by atoms with Crippen LogP contribution < -0.4 is 10.9 Å². The minimum absolute atomic E-state index is 0.276. The topological polar surface area (TPSA) is 82.5 Å². The summed E-state index contributed by atoms with van der Waals surface area (Å²) in [5.74, 6) is 0. The predicted molar refractivity (Wildman–Crippen MR) is 121 cm³/mol. The summed E-state index contributed by atoms with van der Waals surface area (Å²) in [6.07, 6.45) is 5.58. The van der Waals surface area contributed by atoms with E-state index in [9.17, 15) is 8.42 Å². The molecule has 9 heteroatoms. The molecule has 1 aromatic carbocycles. The van der Waals surface area contributed by atoms with Crippen LogP contribution in [0, 0.1) is 0 Å². The van der Waals surface area contributed by atoms with Crippen LogP contribution in [0.4, 0.5) is 0 Å². The maximum Gasteiger partial charge on any atom is 0.220 e. The van der Waals surface area contributed by atoms with Gasteiger partial charge in [-0.25, -0.2) is 13.8 Å². The van der Waals surface area contributed by atoms with Crippen LogP contribution in [0.3, 0.4) is 0 Å². The number of piperazine rings is 1. The van der Waals surface area contributed by atoms with Crippen molar-refractivity contribution in [1.29, 1.82) is 0 Å². The van der Waals surface area contributed by atoms with Crippen LogP contribution in [0.25, 0.3) is 10.9 Å². The average Bonchev–Trinajstić information content (AvgIpc) is 3.41. The standard InChI is InChI=1S/C22H28N6O2S/c1-26-15-18(19-4-2-3-5-20(19)26)16-27-10-12-28(13-11-27)31(29,30)21-14-24-25-22(21)17-6-8-23-9-7-17/h2-9,15,21-22,24-25H,10-14,16H2,1H3. The number of para-hydroxylation sites is 1. The van der Waals surface area contributed by atoms with E-state index in [0.29, 0.717) is 19.6 Å².